The quantitative estimate of drug-likeness (QED) is 0.910. The fourth-order valence-corrected chi connectivity index (χ4v) is 1.92. The number of nitrogens with two attached hydrogens (primary N) is 1. The summed E-state index contributed by atoms with van der Waals surface area (Å²) in [5.41, 5.74) is 8.02. The lowest BCUT2D eigenvalue weighted by atomic mass is 10.1. The second-order valence-electron chi connectivity index (χ2n) is 4.73. The fourth-order valence-electron chi connectivity index (χ4n) is 1.92. The Bertz CT molecular complexity index is 550. The highest BCUT2D eigenvalue weighted by atomic mass is 16.5. The Morgan fingerprint density at radius 1 is 1.16 bits per heavy atom. The third-order valence-electron chi connectivity index (χ3n) is 3.00. The SMILES string of the molecule is CCc1ccc(Oc2ncnc(N)c2C(C)C)cc1. The molecule has 1 aromatic carbocycles. The van der Waals surface area contributed by atoms with Crippen LogP contribution in [0, 0.1) is 0 Å². The molecule has 0 radical (unpaired) electrons. The number of aromatic nitrogens is 2. The van der Waals surface area contributed by atoms with E-state index in [1.807, 2.05) is 26.0 Å². The van der Waals surface area contributed by atoms with E-state index in [4.69, 9.17) is 10.5 Å². The third-order valence-corrected chi connectivity index (χ3v) is 3.00. The number of anilines is 1. The van der Waals surface area contributed by atoms with E-state index in [9.17, 15) is 0 Å². The smallest absolute Gasteiger partial charge is 0.227 e. The maximum Gasteiger partial charge on any atom is 0.227 e. The third kappa shape index (κ3) is 3.02. The number of benzene rings is 1. The summed E-state index contributed by atoms with van der Waals surface area (Å²) in [4.78, 5) is 8.20. The van der Waals surface area contributed by atoms with Gasteiger partial charge in [0.2, 0.25) is 5.88 Å². The van der Waals surface area contributed by atoms with Crippen molar-refractivity contribution in [3.05, 3.63) is 41.7 Å². The van der Waals surface area contributed by atoms with E-state index in [1.165, 1.54) is 11.9 Å². The molecule has 1 aromatic heterocycles. The topological polar surface area (TPSA) is 61.0 Å². The number of nitrogens with zero attached hydrogens (tertiary/aromatic N) is 2. The van der Waals surface area contributed by atoms with Crippen molar-refractivity contribution in [1.82, 2.24) is 9.97 Å². The number of aryl methyl sites for hydroxylation is 1. The predicted molar refractivity (Wildman–Crippen MR) is 76.4 cm³/mol. The molecule has 0 spiro atoms. The van der Waals surface area contributed by atoms with Crippen LogP contribution in [-0.2, 0) is 6.42 Å². The molecular weight excluding hydrogens is 238 g/mol. The Morgan fingerprint density at radius 3 is 2.42 bits per heavy atom. The Morgan fingerprint density at radius 2 is 1.84 bits per heavy atom. The van der Waals surface area contributed by atoms with Gasteiger partial charge in [0.05, 0.1) is 5.56 Å². The van der Waals surface area contributed by atoms with Gasteiger partial charge in [-0.25, -0.2) is 9.97 Å². The van der Waals surface area contributed by atoms with Gasteiger partial charge < -0.3 is 10.5 Å². The Kier molecular flexibility index (Phi) is 4.00. The van der Waals surface area contributed by atoms with E-state index in [1.54, 1.807) is 0 Å². The standard InChI is InChI=1S/C15H19N3O/c1-4-11-5-7-12(8-6-11)19-15-13(10(2)3)14(16)17-9-18-15/h5-10H,4H2,1-3H3,(H2,16,17,18). The number of nitrogen functional groups attached to an aromatic ring is 1. The number of hydrogen-bond donors (Lipinski definition) is 1. The summed E-state index contributed by atoms with van der Waals surface area (Å²) in [5, 5.41) is 0. The molecule has 0 bridgehead atoms. The van der Waals surface area contributed by atoms with Crippen molar-refractivity contribution in [2.45, 2.75) is 33.1 Å². The van der Waals surface area contributed by atoms with E-state index in [2.05, 4.69) is 29.0 Å². The van der Waals surface area contributed by atoms with Crippen molar-refractivity contribution < 1.29 is 4.74 Å². The summed E-state index contributed by atoms with van der Waals surface area (Å²) in [7, 11) is 0. The lowest BCUT2D eigenvalue weighted by Gasteiger charge is -2.13. The Labute approximate surface area is 113 Å². The van der Waals surface area contributed by atoms with Crippen molar-refractivity contribution in [2.24, 2.45) is 0 Å². The molecule has 2 aromatic rings. The van der Waals surface area contributed by atoms with E-state index in [0.717, 1.165) is 17.7 Å². The van der Waals surface area contributed by atoms with Crippen LogP contribution >= 0.6 is 0 Å². The summed E-state index contributed by atoms with van der Waals surface area (Å²) < 4.78 is 5.82. The zero-order chi connectivity index (χ0) is 13.8. The van der Waals surface area contributed by atoms with Crippen molar-refractivity contribution >= 4 is 5.82 Å². The van der Waals surface area contributed by atoms with Crippen LogP contribution in [-0.4, -0.2) is 9.97 Å². The van der Waals surface area contributed by atoms with Gasteiger partial charge >= 0.3 is 0 Å². The minimum absolute atomic E-state index is 0.214. The van der Waals surface area contributed by atoms with Crippen molar-refractivity contribution in [3.63, 3.8) is 0 Å². The van der Waals surface area contributed by atoms with Gasteiger partial charge in [-0.1, -0.05) is 32.9 Å². The first-order chi connectivity index (χ1) is 9.11. The molecule has 0 amide bonds. The van der Waals surface area contributed by atoms with Crippen molar-refractivity contribution in [1.29, 1.82) is 0 Å². The normalized spacial score (nSPS) is 10.7. The molecule has 0 aliphatic carbocycles. The summed E-state index contributed by atoms with van der Waals surface area (Å²) in [6, 6.07) is 7.99. The molecular formula is C15H19N3O. The molecule has 0 saturated carbocycles. The van der Waals surface area contributed by atoms with Gasteiger partial charge in [0.1, 0.15) is 17.9 Å². The molecule has 2 rings (SSSR count). The van der Waals surface area contributed by atoms with Crippen LogP contribution in [0.4, 0.5) is 5.82 Å². The summed E-state index contributed by atoms with van der Waals surface area (Å²) in [5.74, 6) is 1.99. The molecule has 2 N–H and O–H groups in total. The largest absolute Gasteiger partial charge is 0.439 e. The number of hydrogen-bond acceptors (Lipinski definition) is 4. The monoisotopic (exact) mass is 257 g/mol. The van der Waals surface area contributed by atoms with Crippen LogP contribution in [0.3, 0.4) is 0 Å². The molecule has 0 aliphatic rings. The molecule has 4 heteroatoms. The van der Waals surface area contributed by atoms with Crippen LogP contribution in [0.25, 0.3) is 0 Å². The molecule has 0 atom stereocenters. The van der Waals surface area contributed by atoms with Crippen molar-refractivity contribution in [2.75, 3.05) is 5.73 Å². The average molecular weight is 257 g/mol. The Hall–Kier alpha value is -2.10. The molecule has 19 heavy (non-hydrogen) atoms. The Balaban J connectivity index is 2.29. The summed E-state index contributed by atoms with van der Waals surface area (Å²) in [6.07, 6.45) is 2.44. The highest BCUT2D eigenvalue weighted by Gasteiger charge is 2.14. The van der Waals surface area contributed by atoms with E-state index < -0.39 is 0 Å². The molecule has 0 saturated heterocycles. The highest BCUT2D eigenvalue weighted by Crippen LogP contribution is 2.31. The molecule has 0 aliphatic heterocycles. The van der Waals surface area contributed by atoms with Gasteiger partial charge in [-0.15, -0.1) is 0 Å². The van der Waals surface area contributed by atoms with Crippen LogP contribution in [0.15, 0.2) is 30.6 Å². The van der Waals surface area contributed by atoms with E-state index >= 15 is 0 Å². The molecule has 100 valence electrons. The first-order valence-corrected chi connectivity index (χ1v) is 6.49. The van der Waals surface area contributed by atoms with E-state index in [-0.39, 0.29) is 5.92 Å². The second-order valence-corrected chi connectivity index (χ2v) is 4.73. The van der Waals surface area contributed by atoms with Crippen LogP contribution in [0.1, 0.15) is 37.8 Å². The van der Waals surface area contributed by atoms with Gasteiger partial charge in [0.15, 0.2) is 0 Å². The molecule has 0 fully saturated rings. The van der Waals surface area contributed by atoms with Crippen LogP contribution < -0.4 is 10.5 Å². The van der Waals surface area contributed by atoms with Crippen molar-refractivity contribution in [3.8, 4) is 11.6 Å². The van der Waals surface area contributed by atoms with Gasteiger partial charge in [-0.05, 0) is 30.0 Å². The minimum atomic E-state index is 0.214. The average Bonchev–Trinajstić information content (AvgIpc) is 2.39. The summed E-state index contributed by atoms with van der Waals surface area (Å²) in [6.45, 7) is 6.21. The first kappa shape index (κ1) is 13.3. The van der Waals surface area contributed by atoms with E-state index in [0.29, 0.717) is 11.7 Å². The minimum Gasteiger partial charge on any atom is -0.439 e. The molecule has 1 heterocycles. The maximum atomic E-state index is 5.89. The lowest BCUT2D eigenvalue weighted by molar-refractivity contribution is 0.452. The first-order valence-electron chi connectivity index (χ1n) is 6.49. The van der Waals surface area contributed by atoms with Gasteiger partial charge in [0, 0.05) is 0 Å². The molecule has 0 unspecified atom stereocenters. The predicted octanol–water partition coefficient (Wildman–Crippen LogP) is 3.54. The van der Waals surface area contributed by atoms with Gasteiger partial charge in [-0.3, -0.25) is 0 Å². The fraction of sp³-hybridized carbons (Fsp3) is 0.333. The van der Waals surface area contributed by atoms with Gasteiger partial charge in [0.25, 0.3) is 0 Å². The maximum absolute atomic E-state index is 5.89. The van der Waals surface area contributed by atoms with Crippen LogP contribution in [0.5, 0.6) is 11.6 Å². The van der Waals surface area contributed by atoms with Crippen LogP contribution in [0.2, 0.25) is 0 Å². The number of ether oxygens (including phenoxy) is 1. The highest BCUT2D eigenvalue weighted by molar-refractivity contribution is 5.48. The zero-order valence-electron chi connectivity index (χ0n) is 11.6. The lowest BCUT2D eigenvalue weighted by Crippen LogP contribution is -2.04. The zero-order valence-corrected chi connectivity index (χ0v) is 11.6. The van der Waals surface area contributed by atoms with Gasteiger partial charge in [-0.2, -0.15) is 0 Å². The summed E-state index contributed by atoms with van der Waals surface area (Å²) >= 11 is 0. The number of rotatable bonds is 4. The molecule has 4 nitrogen and oxygen atoms in total. The second kappa shape index (κ2) is 5.69.